The minimum Gasteiger partial charge on any atom is -0.372 e. The minimum atomic E-state index is -4.16. The summed E-state index contributed by atoms with van der Waals surface area (Å²) in [6, 6.07) is 9.95. The van der Waals surface area contributed by atoms with E-state index < -0.39 is 26.6 Å². The molecule has 1 heterocycles. The van der Waals surface area contributed by atoms with Gasteiger partial charge in [-0.2, -0.15) is 4.31 Å². The molecule has 0 unspecified atom stereocenters. The number of hydrogen-bond donors (Lipinski definition) is 1. The molecule has 1 aliphatic rings. The molecule has 31 heavy (non-hydrogen) atoms. The average Bonchev–Trinajstić information content (AvgIpc) is 2.77. The zero-order valence-electron chi connectivity index (χ0n) is 17.6. The van der Waals surface area contributed by atoms with Crippen LogP contribution in [-0.4, -0.2) is 44.8 Å². The predicted octanol–water partition coefficient (Wildman–Crippen LogP) is 3.85. The van der Waals surface area contributed by atoms with Gasteiger partial charge in [-0.3, -0.25) is 4.79 Å². The van der Waals surface area contributed by atoms with Gasteiger partial charge in [0, 0.05) is 43.5 Å². The summed E-state index contributed by atoms with van der Waals surface area (Å²) in [5.41, 5.74) is 1.75. The van der Waals surface area contributed by atoms with Crippen molar-refractivity contribution in [2.24, 2.45) is 5.92 Å². The number of piperidine rings is 1. The number of sulfonamides is 1. The summed E-state index contributed by atoms with van der Waals surface area (Å²) >= 11 is 0. The first kappa shape index (κ1) is 23.1. The number of hydrogen-bond acceptors (Lipinski definition) is 4. The predicted molar refractivity (Wildman–Crippen MR) is 116 cm³/mol. The van der Waals surface area contributed by atoms with Gasteiger partial charge in [-0.25, -0.2) is 17.2 Å². The smallest absolute Gasteiger partial charge is 0.246 e. The highest BCUT2D eigenvalue weighted by Crippen LogP contribution is 2.27. The molecule has 1 N–H and O–H groups in total. The second kappa shape index (κ2) is 9.74. The first-order chi connectivity index (χ1) is 14.8. The molecule has 0 bridgehead atoms. The van der Waals surface area contributed by atoms with E-state index in [9.17, 15) is 22.0 Å². The van der Waals surface area contributed by atoms with Gasteiger partial charge in [-0.15, -0.1) is 0 Å². The van der Waals surface area contributed by atoms with Crippen LogP contribution in [0.1, 0.15) is 26.7 Å². The molecule has 1 amide bonds. The second-order valence-corrected chi connectivity index (χ2v) is 9.37. The van der Waals surface area contributed by atoms with Gasteiger partial charge in [0.2, 0.25) is 15.9 Å². The lowest BCUT2D eigenvalue weighted by Crippen LogP contribution is -2.41. The molecular weight excluding hydrogens is 424 g/mol. The highest BCUT2D eigenvalue weighted by molar-refractivity contribution is 7.89. The van der Waals surface area contributed by atoms with Crippen LogP contribution in [0.3, 0.4) is 0 Å². The van der Waals surface area contributed by atoms with Crippen LogP contribution in [0.25, 0.3) is 0 Å². The van der Waals surface area contributed by atoms with Crippen LogP contribution in [0.5, 0.6) is 0 Å². The van der Waals surface area contributed by atoms with Crippen molar-refractivity contribution in [2.45, 2.75) is 31.6 Å². The van der Waals surface area contributed by atoms with Gasteiger partial charge in [0.25, 0.3) is 0 Å². The molecule has 0 aliphatic carbocycles. The number of benzene rings is 2. The maximum atomic E-state index is 14.0. The largest absolute Gasteiger partial charge is 0.372 e. The average molecular weight is 452 g/mol. The minimum absolute atomic E-state index is 0.0667. The van der Waals surface area contributed by atoms with Crippen LogP contribution in [0.2, 0.25) is 0 Å². The molecular formula is C22H27F2N3O3S. The SMILES string of the molecule is CCN(CC)c1ccc(NC(=O)C2CCN(S(=O)(=O)c3cc(F)ccc3F)CC2)cc1. The van der Waals surface area contributed by atoms with Gasteiger partial charge >= 0.3 is 0 Å². The molecule has 2 aromatic rings. The Balaban J connectivity index is 1.60. The van der Waals surface area contributed by atoms with E-state index in [1.54, 1.807) is 0 Å². The molecule has 1 fully saturated rings. The van der Waals surface area contributed by atoms with E-state index in [2.05, 4.69) is 24.1 Å². The standard InChI is InChI=1S/C22H27F2N3O3S/c1-3-26(4-2)19-8-6-18(7-9-19)25-22(28)16-11-13-27(14-12-16)31(29,30)21-15-17(23)5-10-20(21)24/h5-10,15-16H,3-4,11-14H2,1-2H3,(H,25,28). The molecule has 0 spiro atoms. The molecule has 1 aliphatic heterocycles. The number of rotatable bonds is 7. The molecule has 1 saturated heterocycles. The fraction of sp³-hybridized carbons (Fsp3) is 0.409. The summed E-state index contributed by atoms with van der Waals surface area (Å²) in [7, 11) is -4.16. The monoisotopic (exact) mass is 451 g/mol. The first-order valence-corrected chi connectivity index (χ1v) is 11.8. The Bertz CT molecular complexity index is 1020. The number of nitrogens with zero attached hydrogens (tertiary/aromatic N) is 2. The van der Waals surface area contributed by atoms with Crippen molar-refractivity contribution < 1.29 is 22.0 Å². The van der Waals surface area contributed by atoms with Gasteiger partial charge in [0.15, 0.2) is 0 Å². The summed E-state index contributed by atoms with van der Waals surface area (Å²) in [6.07, 6.45) is 0.610. The molecule has 6 nitrogen and oxygen atoms in total. The molecule has 0 atom stereocenters. The van der Waals surface area contributed by atoms with Crippen molar-refractivity contribution in [1.82, 2.24) is 4.31 Å². The highest BCUT2D eigenvalue weighted by atomic mass is 32.2. The first-order valence-electron chi connectivity index (χ1n) is 10.4. The van der Waals surface area contributed by atoms with Crippen molar-refractivity contribution in [2.75, 3.05) is 36.4 Å². The fourth-order valence-corrected chi connectivity index (χ4v) is 5.31. The van der Waals surface area contributed by atoms with Crippen LogP contribution in [-0.2, 0) is 14.8 Å². The lowest BCUT2D eigenvalue weighted by Gasteiger charge is -2.30. The Morgan fingerprint density at radius 1 is 1.06 bits per heavy atom. The second-order valence-electron chi connectivity index (χ2n) is 7.46. The van der Waals surface area contributed by atoms with E-state index in [-0.39, 0.29) is 24.9 Å². The van der Waals surface area contributed by atoms with Gasteiger partial charge < -0.3 is 10.2 Å². The maximum Gasteiger partial charge on any atom is 0.246 e. The van der Waals surface area contributed by atoms with E-state index >= 15 is 0 Å². The van der Waals surface area contributed by atoms with E-state index in [4.69, 9.17) is 0 Å². The van der Waals surface area contributed by atoms with Crippen LogP contribution in [0, 0.1) is 17.6 Å². The van der Waals surface area contributed by atoms with E-state index in [0.29, 0.717) is 24.6 Å². The Morgan fingerprint density at radius 3 is 2.26 bits per heavy atom. The summed E-state index contributed by atoms with van der Waals surface area (Å²) in [4.78, 5) is 14.1. The highest BCUT2D eigenvalue weighted by Gasteiger charge is 2.33. The third-order valence-electron chi connectivity index (χ3n) is 5.60. The summed E-state index contributed by atoms with van der Waals surface area (Å²) in [5, 5.41) is 2.88. The number of carbonyl (C=O) groups is 1. The zero-order valence-corrected chi connectivity index (χ0v) is 18.5. The van der Waals surface area contributed by atoms with Crippen LogP contribution >= 0.6 is 0 Å². The lowest BCUT2D eigenvalue weighted by atomic mass is 9.97. The van der Waals surface area contributed by atoms with E-state index in [0.717, 1.165) is 35.2 Å². The number of amides is 1. The molecule has 3 rings (SSSR count). The number of nitrogens with one attached hydrogen (secondary N) is 1. The molecule has 168 valence electrons. The van der Waals surface area contributed by atoms with Gasteiger partial charge in [0.05, 0.1) is 0 Å². The Hall–Kier alpha value is -2.52. The molecule has 2 aromatic carbocycles. The normalized spacial score (nSPS) is 15.6. The molecule has 9 heteroatoms. The van der Waals surface area contributed by atoms with Crippen molar-refractivity contribution >= 4 is 27.3 Å². The summed E-state index contributed by atoms with van der Waals surface area (Å²) in [5.74, 6) is -2.34. The maximum absolute atomic E-state index is 14.0. The van der Waals surface area contributed by atoms with Crippen LogP contribution in [0.15, 0.2) is 47.4 Å². The Kier molecular flexibility index (Phi) is 7.27. The summed E-state index contributed by atoms with van der Waals surface area (Å²) < 4.78 is 53.8. The van der Waals surface area contributed by atoms with E-state index in [1.165, 1.54) is 0 Å². The van der Waals surface area contributed by atoms with Gasteiger partial charge in [-0.1, -0.05) is 0 Å². The third-order valence-corrected chi connectivity index (χ3v) is 7.51. The van der Waals surface area contributed by atoms with Crippen molar-refractivity contribution in [3.8, 4) is 0 Å². The number of halogens is 2. The number of carbonyl (C=O) groups excluding carboxylic acids is 1. The topological polar surface area (TPSA) is 69.7 Å². The molecule has 0 radical (unpaired) electrons. The number of anilines is 2. The van der Waals surface area contributed by atoms with Crippen molar-refractivity contribution in [1.29, 1.82) is 0 Å². The van der Waals surface area contributed by atoms with Crippen LogP contribution in [0.4, 0.5) is 20.2 Å². The zero-order chi connectivity index (χ0) is 22.6. The van der Waals surface area contributed by atoms with Crippen molar-refractivity contribution in [3.63, 3.8) is 0 Å². The Morgan fingerprint density at radius 2 is 1.68 bits per heavy atom. The fourth-order valence-electron chi connectivity index (χ4n) is 3.76. The molecule has 0 saturated carbocycles. The van der Waals surface area contributed by atoms with E-state index in [1.807, 2.05) is 24.3 Å². The molecule has 0 aromatic heterocycles. The van der Waals surface area contributed by atoms with Crippen molar-refractivity contribution in [3.05, 3.63) is 54.1 Å². The van der Waals surface area contributed by atoms with Crippen LogP contribution < -0.4 is 10.2 Å². The third kappa shape index (κ3) is 5.22. The summed E-state index contributed by atoms with van der Waals surface area (Å²) in [6.45, 7) is 6.07. The quantitative estimate of drug-likeness (QED) is 0.694. The van der Waals surface area contributed by atoms with Gasteiger partial charge in [0.1, 0.15) is 16.5 Å². The Labute approximate surface area is 181 Å². The van der Waals surface area contributed by atoms with Gasteiger partial charge in [-0.05, 0) is 69.2 Å². The lowest BCUT2D eigenvalue weighted by molar-refractivity contribution is -0.120.